The molecule has 1 atom stereocenters. The van der Waals surface area contributed by atoms with Crippen molar-refractivity contribution in [2.45, 2.75) is 12.3 Å². The molecule has 0 saturated carbocycles. The Morgan fingerprint density at radius 2 is 2.33 bits per heavy atom. The number of pyridine rings is 1. The standard InChI is InChI=1S/C14H15N3S/c1-2-5-15-13(3-1)12(11-4-8-18-10-11)9-14-16-6-7-17-14/h1-5,8,10,12H,6-7,9H2,(H,16,17)/t12-/m0/s1. The molecule has 0 radical (unpaired) electrons. The number of rotatable bonds is 4. The predicted octanol–water partition coefficient (Wildman–Crippen LogP) is 2.67. The van der Waals surface area contributed by atoms with Gasteiger partial charge in [-0.15, -0.1) is 0 Å². The van der Waals surface area contributed by atoms with Crippen molar-refractivity contribution >= 4 is 17.2 Å². The molecule has 92 valence electrons. The van der Waals surface area contributed by atoms with E-state index in [9.17, 15) is 0 Å². The number of nitrogens with zero attached hydrogens (tertiary/aromatic N) is 2. The lowest BCUT2D eigenvalue weighted by Crippen LogP contribution is -2.21. The summed E-state index contributed by atoms with van der Waals surface area (Å²) in [5.41, 5.74) is 2.45. The molecular weight excluding hydrogens is 242 g/mol. The van der Waals surface area contributed by atoms with Crippen molar-refractivity contribution < 1.29 is 0 Å². The first kappa shape index (κ1) is 11.4. The molecule has 0 fully saturated rings. The molecule has 0 aromatic carbocycles. The fourth-order valence-corrected chi connectivity index (χ4v) is 2.94. The van der Waals surface area contributed by atoms with Crippen LogP contribution in [0.5, 0.6) is 0 Å². The van der Waals surface area contributed by atoms with Gasteiger partial charge in [0, 0.05) is 30.8 Å². The van der Waals surface area contributed by atoms with Gasteiger partial charge >= 0.3 is 0 Å². The van der Waals surface area contributed by atoms with Gasteiger partial charge in [0.2, 0.25) is 0 Å². The number of amidine groups is 1. The predicted molar refractivity (Wildman–Crippen MR) is 75.3 cm³/mol. The van der Waals surface area contributed by atoms with Gasteiger partial charge in [0.1, 0.15) is 0 Å². The average Bonchev–Trinajstić information content (AvgIpc) is 3.10. The number of aliphatic imine (C=N–C) groups is 1. The van der Waals surface area contributed by atoms with E-state index in [-0.39, 0.29) is 0 Å². The van der Waals surface area contributed by atoms with E-state index in [0.717, 1.165) is 31.0 Å². The molecule has 3 rings (SSSR count). The van der Waals surface area contributed by atoms with Crippen molar-refractivity contribution in [2.75, 3.05) is 13.1 Å². The quantitative estimate of drug-likeness (QED) is 0.914. The minimum Gasteiger partial charge on any atom is -0.372 e. The fraction of sp³-hybridized carbons (Fsp3) is 0.286. The van der Waals surface area contributed by atoms with E-state index in [4.69, 9.17) is 0 Å². The van der Waals surface area contributed by atoms with Gasteiger partial charge in [0.25, 0.3) is 0 Å². The van der Waals surface area contributed by atoms with Gasteiger partial charge in [-0.3, -0.25) is 9.98 Å². The summed E-state index contributed by atoms with van der Waals surface area (Å²) in [6.07, 6.45) is 2.77. The topological polar surface area (TPSA) is 37.3 Å². The molecule has 1 aliphatic rings. The second-order valence-electron chi connectivity index (χ2n) is 4.32. The number of hydrogen-bond donors (Lipinski definition) is 1. The van der Waals surface area contributed by atoms with E-state index < -0.39 is 0 Å². The van der Waals surface area contributed by atoms with Crippen LogP contribution in [0.3, 0.4) is 0 Å². The molecule has 2 aromatic rings. The lowest BCUT2D eigenvalue weighted by atomic mass is 9.94. The third kappa shape index (κ3) is 2.43. The van der Waals surface area contributed by atoms with Gasteiger partial charge in [-0.25, -0.2) is 0 Å². The first-order valence-corrected chi connectivity index (χ1v) is 7.08. The van der Waals surface area contributed by atoms with Gasteiger partial charge in [0.05, 0.1) is 12.4 Å². The Labute approximate surface area is 111 Å². The van der Waals surface area contributed by atoms with E-state index in [1.54, 1.807) is 11.3 Å². The van der Waals surface area contributed by atoms with Crippen molar-refractivity contribution in [3.05, 3.63) is 52.5 Å². The van der Waals surface area contributed by atoms with Crippen LogP contribution in [0.2, 0.25) is 0 Å². The summed E-state index contributed by atoms with van der Waals surface area (Å²) in [6.45, 7) is 1.86. The van der Waals surface area contributed by atoms with E-state index in [1.807, 2.05) is 18.3 Å². The van der Waals surface area contributed by atoms with Crippen LogP contribution >= 0.6 is 11.3 Å². The minimum absolute atomic E-state index is 0.307. The maximum Gasteiger partial charge on any atom is 0.0974 e. The van der Waals surface area contributed by atoms with Crippen LogP contribution in [0.25, 0.3) is 0 Å². The molecule has 0 amide bonds. The van der Waals surface area contributed by atoms with E-state index in [2.05, 4.69) is 38.2 Å². The van der Waals surface area contributed by atoms with Crippen molar-refractivity contribution in [2.24, 2.45) is 4.99 Å². The lowest BCUT2D eigenvalue weighted by molar-refractivity contribution is 0.804. The van der Waals surface area contributed by atoms with Crippen molar-refractivity contribution in [3.8, 4) is 0 Å². The molecule has 0 saturated heterocycles. The van der Waals surface area contributed by atoms with E-state index >= 15 is 0 Å². The molecule has 0 unspecified atom stereocenters. The SMILES string of the molecule is c1ccc([C@@H](CC2=NCCN2)c2ccsc2)nc1. The zero-order valence-corrected chi connectivity index (χ0v) is 10.9. The first-order valence-electron chi connectivity index (χ1n) is 6.14. The molecule has 4 heteroatoms. The van der Waals surface area contributed by atoms with Gasteiger partial charge in [-0.2, -0.15) is 11.3 Å². The first-order chi connectivity index (χ1) is 8.93. The highest BCUT2D eigenvalue weighted by Gasteiger charge is 2.19. The van der Waals surface area contributed by atoms with Crippen LogP contribution in [-0.2, 0) is 0 Å². The molecule has 1 aliphatic heterocycles. The second-order valence-corrected chi connectivity index (χ2v) is 5.10. The monoisotopic (exact) mass is 257 g/mol. The summed E-state index contributed by atoms with van der Waals surface area (Å²) in [7, 11) is 0. The number of thiophene rings is 1. The Balaban J connectivity index is 1.89. The van der Waals surface area contributed by atoms with Crippen LogP contribution in [0.4, 0.5) is 0 Å². The van der Waals surface area contributed by atoms with Crippen LogP contribution in [0.1, 0.15) is 23.6 Å². The van der Waals surface area contributed by atoms with Crippen molar-refractivity contribution in [3.63, 3.8) is 0 Å². The normalized spacial score (nSPS) is 16.1. The van der Waals surface area contributed by atoms with E-state index in [0.29, 0.717) is 5.92 Å². The summed E-state index contributed by atoms with van der Waals surface area (Å²) in [4.78, 5) is 8.99. The zero-order valence-electron chi connectivity index (χ0n) is 10.0. The Hall–Kier alpha value is -1.68. The van der Waals surface area contributed by atoms with Crippen LogP contribution < -0.4 is 5.32 Å². The van der Waals surface area contributed by atoms with Crippen LogP contribution in [0, 0.1) is 0 Å². The Morgan fingerprint density at radius 3 is 3.00 bits per heavy atom. The zero-order chi connectivity index (χ0) is 12.2. The van der Waals surface area contributed by atoms with Gasteiger partial charge in [0.15, 0.2) is 0 Å². The van der Waals surface area contributed by atoms with Crippen molar-refractivity contribution in [1.29, 1.82) is 0 Å². The minimum atomic E-state index is 0.307. The maximum absolute atomic E-state index is 4.50. The van der Waals surface area contributed by atoms with Gasteiger partial charge < -0.3 is 5.32 Å². The molecule has 3 nitrogen and oxygen atoms in total. The Kier molecular flexibility index (Phi) is 3.37. The van der Waals surface area contributed by atoms with Gasteiger partial charge in [-0.1, -0.05) is 6.07 Å². The highest BCUT2D eigenvalue weighted by Crippen LogP contribution is 2.28. The molecule has 2 aromatic heterocycles. The van der Waals surface area contributed by atoms with Crippen molar-refractivity contribution in [1.82, 2.24) is 10.3 Å². The molecular formula is C14H15N3S. The highest BCUT2D eigenvalue weighted by molar-refractivity contribution is 7.08. The number of aromatic nitrogens is 1. The van der Waals surface area contributed by atoms with E-state index in [1.165, 1.54) is 5.56 Å². The summed E-state index contributed by atoms with van der Waals surface area (Å²) in [6, 6.07) is 8.28. The molecule has 0 aliphatic carbocycles. The number of hydrogen-bond acceptors (Lipinski definition) is 4. The molecule has 0 spiro atoms. The third-order valence-electron chi connectivity index (χ3n) is 3.13. The second kappa shape index (κ2) is 5.31. The molecule has 0 bridgehead atoms. The van der Waals surface area contributed by atoms with Gasteiger partial charge in [-0.05, 0) is 34.5 Å². The third-order valence-corrected chi connectivity index (χ3v) is 3.83. The lowest BCUT2D eigenvalue weighted by Gasteiger charge is -2.15. The summed E-state index contributed by atoms with van der Waals surface area (Å²) < 4.78 is 0. The van der Waals surface area contributed by atoms with Crippen LogP contribution in [-0.4, -0.2) is 23.9 Å². The smallest absolute Gasteiger partial charge is 0.0974 e. The maximum atomic E-state index is 4.50. The molecule has 1 N–H and O–H groups in total. The summed E-state index contributed by atoms with van der Waals surface area (Å²) in [5, 5.41) is 7.67. The summed E-state index contributed by atoms with van der Waals surface area (Å²) >= 11 is 1.73. The number of nitrogens with one attached hydrogen (secondary N) is 1. The largest absolute Gasteiger partial charge is 0.372 e. The fourth-order valence-electron chi connectivity index (χ4n) is 2.23. The van der Waals surface area contributed by atoms with Crippen LogP contribution in [0.15, 0.2) is 46.2 Å². The highest BCUT2D eigenvalue weighted by atomic mass is 32.1. The molecule has 3 heterocycles. The average molecular weight is 257 g/mol. The molecule has 18 heavy (non-hydrogen) atoms. The Morgan fingerprint density at radius 1 is 1.33 bits per heavy atom. The summed E-state index contributed by atoms with van der Waals surface area (Å²) in [5.74, 6) is 1.42. The Bertz CT molecular complexity index is 519.